The zero-order chi connectivity index (χ0) is 14.4. The van der Waals surface area contributed by atoms with Crippen LogP contribution in [0.15, 0.2) is 53.4 Å². The number of phenols is 1. The van der Waals surface area contributed by atoms with Gasteiger partial charge in [-0.25, -0.2) is 4.79 Å². The van der Waals surface area contributed by atoms with Crippen LogP contribution in [0.1, 0.15) is 10.4 Å². The fourth-order valence-electron chi connectivity index (χ4n) is 1.58. The molecule has 2 N–H and O–H groups in total. The fraction of sp³-hybridized carbons (Fsp3) is 0.133. The number of phenolic OH excluding ortho intramolecular Hbond substituents is 1. The van der Waals surface area contributed by atoms with Crippen LogP contribution in [-0.2, 0) is 0 Å². The molecular formula is C15H14O4S. The van der Waals surface area contributed by atoms with Gasteiger partial charge in [-0.15, -0.1) is 11.8 Å². The molecule has 2 aromatic carbocycles. The lowest BCUT2D eigenvalue weighted by molar-refractivity contribution is 0.0696. The molecule has 0 amide bonds. The standard InChI is InChI=1S/C15H14O4S/c16-12-4-6-14(7-5-12)20-9-8-19-13-3-1-2-11(10-13)15(17)18/h1-7,10,16H,8-9H2,(H,17,18). The van der Waals surface area contributed by atoms with Crippen molar-refractivity contribution in [2.45, 2.75) is 4.90 Å². The van der Waals surface area contributed by atoms with Gasteiger partial charge < -0.3 is 14.9 Å². The van der Waals surface area contributed by atoms with Crippen molar-refractivity contribution in [1.82, 2.24) is 0 Å². The van der Waals surface area contributed by atoms with E-state index in [1.54, 1.807) is 36.0 Å². The lowest BCUT2D eigenvalue weighted by atomic mass is 10.2. The van der Waals surface area contributed by atoms with E-state index in [1.807, 2.05) is 12.1 Å². The maximum Gasteiger partial charge on any atom is 0.335 e. The highest BCUT2D eigenvalue weighted by molar-refractivity contribution is 7.99. The molecule has 0 atom stereocenters. The van der Waals surface area contributed by atoms with Crippen LogP contribution in [0.5, 0.6) is 11.5 Å². The quantitative estimate of drug-likeness (QED) is 0.631. The number of carboxylic acid groups (broad SMARTS) is 1. The summed E-state index contributed by atoms with van der Waals surface area (Å²) in [6.45, 7) is 0.481. The fourth-order valence-corrected chi connectivity index (χ4v) is 2.31. The molecule has 0 saturated carbocycles. The molecule has 2 aromatic rings. The van der Waals surface area contributed by atoms with E-state index in [2.05, 4.69) is 0 Å². The Kier molecular flexibility index (Phi) is 4.90. The van der Waals surface area contributed by atoms with Crippen LogP contribution < -0.4 is 4.74 Å². The molecule has 0 saturated heterocycles. The topological polar surface area (TPSA) is 66.8 Å². The summed E-state index contributed by atoms with van der Waals surface area (Å²) in [5, 5.41) is 18.0. The summed E-state index contributed by atoms with van der Waals surface area (Å²) in [6.07, 6.45) is 0. The minimum absolute atomic E-state index is 0.216. The van der Waals surface area contributed by atoms with Crippen molar-refractivity contribution in [3.8, 4) is 11.5 Å². The van der Waals surface area contributed by atoms with Gasteiger partial charge in [-0.1, -0.05) is 6.07 Å². The molecule has 0 fully saturated rings. The van der Waals surface area contributed by atoms with Gasteiger partial charge in [0.15, 0.2) is 0 Å². The maximum absolute atomic E-state index is 10.8. The minimum Gasteiger partial charge on any atom is -0.508 e. The van der Waals surface area contributed by atoms with E-state index in [0.29, 0.717) is 12.4 Å². The molecule has 0 aliphatic rings. The maximum atomic E-state index is 10.8. The van der Waals surface area contributed by atoms with E-state index in [9.17, 15) is 4.79 Å². The minimum atomic E-state index is -0.964. The summed E-state index contributed by atoms with van der Waals surface area (Å²) < 4.78 is 5.51. The number of aromatic hydroxyl groups is 1. The monoisotopic (exact) mass is 290 g/mol. The van der Waals surface area contributed by atoms with Crippen LogP contribution in [0.25, 0.3) is 0 Å². The van der Waals surface area contributed by atoms with Gasteiger partial charge in [0.05, 0.1) is 12.2 Å². The molecule has 5 heteroatoms. The van der Waals surface area contributed by atoms with Crippen molar-refractivity contribution in [1.29, 1.82) is 0 Å². The summed E-state index contributed by atoms with van der Waals surface area (Å²) in [4.78, 5) is 11.9. The Hall–Kier alpha value is -2.14. The number of carbonyl (C=O) groups is 1. The average molecular weight is 290 g/mol. The Balaban J connectivity index is 1.79. The number of thioether (sulfide) groups is 1. The van der Waals surface area contributed by atoms with E-state index in [-0.39, 0.29) is 11.3 Å². The molecule has 0 aromatic heterocycles. The number of hydrogen-bond acceptors (Lipinski definition) is 4. The Morgan fingerprint density at radius 1 is 1.15 bits per heavy atom. The first-order valence-corrected chi connectivity index (χ1v) is 7.02. The highest BCUT2D eigenvalue weighted by atomic mass is 32.2. The Labute approximate surface area is 121 Å². The van der Waals surface area contributed by atoms with Crippen molar-refractivity contribution in [3.63, 3.8) is 0 Å². The third-order valence-corrected chi connectivity index (χ3v) is 3.51. The van der Waals surface area contributed by atoms with Crippen LogP contribution >= 0.6 is 11.8 Å². The predicted octanol–water partition coefficient (Wildman–Crippen LogP) is 3.26. The summed E-state index contributed by atoms with van der Waals surface area (Å²) in [7, 11) is 0. The van der Waals surface area contributed by atoms with E-state index in [1.165, 1.54) is 12.1 Å². The smallest absolute Gasteiger partial charge is 0.335 e. The summed E-state index contributed by atoms with van der Waals surface area (Å²) in [6, 6.07) is 13.4. The van der Waals surface area contributed by atoms with Crippen LogP contribution in [0.3, 0.4) is 0 Å². The number of aromatic carboxylic acids is 1. The second-order valence-corrected chi connectivity index (χ2v) is 5.19. The number of carboxylic acids is 1. The first kappa shape index (κ1) is 14.3. The van der Waals surface area contributed by atoms with Crippen LogP contribution in [0.2, 0.25) is 0 Å². The van der Waals surface area contributed by atoms with E-state index in [4.69, 9.17) is 14.9 Å². The summed E-state index contributed by atoms with van der Waals surface area (Å²) in [5.74, 6) is 0.573. The number of hydrogen-bond donors (Lipinski definition) is 2. The van der Waals surface area contributed by atoms with Gasteiger partial charge in [0, 0.05) is 10.6 Å². The zero-order valence-electron chi connectivity index (χ0n) is 10.7. The molecular weight excluding hydrogens is 276 g/mol. The lowest BCUT2D eigenvalue weighted by Crippen LogP contribution is -2.02. The molecule has 0 heterocycles. The molecule has 104 valence electrons. The van der Waals surface area contributed by atoms with Gasteiger partial charge in [0.25, 0.3) is 0 Å². The van der Waals surface area contributed by atoms with Crippen LogP contribution in [0, 0.1) is 0 Å². The summed E-state index contributed by atoms with van der Waals surface area (Å²) >= 11 is 1.61. The molecule has 0 unspecified atom stereocenters. The number of rotatable bonds is 6. The third kappa shape index (κ3) is 4.20. The van der Waals surface area contributed by atoms with Gasteiger partial charge in [-0.3, -0.25) is 0 Å². The molecule has 0 radical (unpaired) electrons. The number of ether oxygens (including phenoxy) is 1. The van der Waals surface area contributed by atoms with E-state index >= 15 is 0 Å². The van der Waals surface area contributed by atoms with Crippen molar-refractivity contribution in [2.75, 3.05) is 12.4 Å². The van der Waals surface area contributed by atoms with Crippen molar-refractivity contribution in [3.05, 3.63) is 54.1 Å². The van der Waals surface area contributed by atoms with Crippen LogP contribution in [-0.4, -0.2) is 28.5 Å². The third-order valence-electron chi connectivity index (χ3n) is 2.54. The van der Waals surface area contributed by atoms with Gasteiger partial charge >= 0.3 is 5.97 Å². The second-order valence-electron chi connectivity index (χ2n) is 4.02. The van der Waals surface area contributed by atoms with Crippen molar-refractivity contribution in [2.24, 2.45) is 0 Å². The average Bonchev–Trinajstić information content (AvgIpc) is 2.46. The first-order valence-electron chi connectivity index (χ1n) is 6.03. The van der Waals surface area contributed by atoms with E-state index < -0.39 is 5.97 Å². The van der Waals surface area contributed by atoms with E-state index in [0.717, 1.165) is 10.6 Å². The first-order chi connectivity index (χ1) is 9.65. The molecule has 0 bridgehead atoms. The Morgan fingerprint density at radius 3 is 2.60 bits per heavy atom. The SMILES string of the molecule is O=C(O)c1cccc(OCCSc2ccc(O)cc2)c1. The van der Waals surface area contributed by atoms with Gasteiger partial charge in [-0.05, 0) is 42.5 Å². The predicted molar refractivity (Wildman–Crippen MR) is 77.7 cm³/mol. The normalized spacial score (nSPS) is 10.2. The summed E-state index contributed by atoms with van der Waals surface area (Å²) in [5.41, 5.74) is 0.216. The number of benzene rings is 2. The molecule has 0 spiro atoms. The van der Waals surface area contributed by atoms with Crippen LogP contribution in [0.4, 0.5) is 0 Å². The molecule has 20 heavy (non-hydrogen) atoms. The van der Waals surface area contributed by atoms with Crippen molar-refractivity contribution >= 4 is 17.7 Å². The lowest BCUT2D eigenvalue weighted by Gasteiger charge is -2.06. The largest absolute Gasteiger partial charge is 0.508 e. The van der Waals surface area contributed by atoms with Gasteiger partial charge in [-0.2, -0.15) is 0 Å². The second kappa shape index (κ2) is 6.86. The Morgan fingerprint density at radius 2 is 1.90 bits per heavy atom. The van der Waals surface area contributed by atoms with Gasteiger partial charge in [0.1, 0.15) is 11.5 Å². The van der Waals surface area contributed by atoms with Gasteiger partial charge in [0.2, 0.25) is 0 Å². The van der Waals surface area contributed by atoms with Crippen molar-refractivity contribution < 1.29 is 19.7 Å². The zero-order valence-corrected chi connectivity index (χ0v) is 11.5. The molecule has 2 rings (SSSR count). The highest BCUT2D eigenvalue weighted by Crippen LogP contribution is 2.21. The molecule has 0 aliphatic carbocycles. The molecule has 4 nitrogen and oxygen atoms in total. The molecule has 0 aliphatic heterocycles. The Bertz CT molecular complexity index is 581. The highest BCUT2D eigenvalue weighted by Gasteiger charge is 2.03.